The predicted molar refractivity (Wildman–Crippen MR) is 91.4 cm³/mol. The van der Waals surface area contributed by atoms with Gasteiger partial charge in [-0.2, -0.15) is 4.98 Å². The third-order valence-corrected chi connectivity index (χ3v) is 4.93. The average Bonchev–Trinajstić information content (AvgIpc) is 3.13. The van der Waals surface area contributed by atoms with Gasteiger partial charge >= 0.3 is 0 Å². The molecule has 5 heteroatoms. The topological polar surface area (TPSA) is 41.1 Å². The Morgan fingerprint density at radius 2 is 2.24 bits per heavy atom. The zero-order chi connectivity index (χ0) is 14.7. The standard InChI is InChI=1S/C16H24N4S/c1-3-5-12-6-9-20(11-12)14-13-7-10-21-15(13)19-16(18-14)17-8-4-2/h7,10,12H,3-6,8-9,11H2,1-2H3,(H,17,18,19). The number of aromatic nitrogens is 2. The first-order valence-corrected chi connectivity index (χ1v) is 8.93. The normalized spacial score (nSPS) is 18.6. The number of anilines is 2. The summed E-state index contributed by atoms with van der Waals surface area (Å²) in [6, 6.07) is 2.16. The Bertz CT molecular complexity index is 595. The molecule has 1 aliphatic heterocycles. The van der Waals surface area contributed by atoms with Crippen LogP contribution in [0.3, 0.4) is 0 Å². The van der Waals surface area contributed by atoms with Gasteiger partial charge in [-0.05, 0) is 36.6 Å². The van der Waals surface area contributed by atoms with E-state index in [0.29, 0.717) is 0 Å². The van der Waals surface area contributed by atoms with Gasteiger partial charge < -0.3 is 10.2 Å². The summed E-state index contributed by atoms with van der Waals surface area (Å²) >= 11 is 1.70. The molecule has 114 valence electrons. The Morgan fingerprint density at radius 1 is 1.33 bits per heavy atom. The van der Waals surface area contributed by atoms with Gasteiger partial charge in [-0.3, -0.25) is 0 Å². The summed E-state index contributed by atoms with van der Waals surface area (Å²) in [5.74, 6) is 2.73. The molecule has 0 saturated carbocycles. The van der Waals surface area contributed by atoms with Crippen LogP contribution in [0.25, 0.3) is 10.2 Å². The zero-order valence-electron chi connectivity index (χ0n) is 12.9. The molecule has 2 aromatic rings. The van der Waals surface area contributed by atoms with Crippen LogP contribution >= 0.6 is 11.3 Å². The van der Waals surface area contributed by atoms with Crippen LogP contribution in [0.2, 0.25) is 0 Å². The van der Waals surface area contributed by atoms with E-state index in [0.717, 1.165) is 48.6 Å². The Morgan fingerprint density at radius 3 is 3.05 bits per heavy atom. The van der Waals surface area contributed by atoms with Crippen molar-refractivity contribution >= 4 is 33.3 Å². The molecule has 0 aromatic carbocycles. The van der Waals surface area contributed by atoms with Gasteiger partial charge in [-0.15, -0.1) is 11.3 Å². The molecular formula is C16H24N4S. The van der Waals surface area contributed by atoms with Crippen LogP contribution < -0.4 is 10.2 Å². The van der Waals surface area contributed by atoms with Gasteiger partial charge in [-0.1, -0.05) is 20.3 Å². The van der Waals surface area contributed by atoms with Crippen LogP contribution in [0.5, 0.6) is 0 Å². The molecule has 1 atom stereocenters. The molecule has 2 aromatic heterocycles. The van der Waals surface area contributed by atoms with Crippen molar-refractivity contribution in [3.05, 3.63) is 11.4 Å². The van der Waals surface area contributed by atoms with Crippen molar-refractivity contribution in [3.8, 4) is 0 Å². The van der Waals surface area contributed by atoms with Crippen LogP contribution in [-0.2, 0) is 0 Å². The molecule has 3 rings (SSSR count). The molecule has 0 aliphatic carbocycles. The largest absolute Gasteiger partial charge is 0.356 e. The zero-order valence-corrected chi connectivity index (χ0v) is 13.7. The first-order chi connectivity index (χ1) is 10.3. The van der Waals surface area contributed by atoms with Crippen molar-refractivity contribution in [2.24, 2.45) is 5.92 Å². The fourth-order valence-corrected chi connectivity index (χ4v) is 3.82. The number of hydrogen-bond donors (Lipinski definition) is 1. The second kappa shape index (κ2) is 6.60. The summed E-state index contributed by atoms with van der Waals surface area (Å²) in [7, 11) is 0. The Hall–Kier alpha value is -1.36. The van der Waals surface area contributed by atoms with Crippen LogP contribution in [0.4, 0.5) is 11.8 Å². The predicted octanol–water partition coefficient (Wildman–Crippen LogP) is 4.14. The lowest BCUT2D eigenvalue weighted by Gasteiger charge is -2.19. The van der Waals surface area contributed by atoms with E-state index >= 15 is 0 Å². The molecular weight excluding hydrogens is 280 g/mol. The molecule has 1 unspecified atom stereocenters. The number of rotatable bonds is 6. The summed E-state index contributed by atoms with van der Waals surface area (Å²) in [5.41, 5.74) is 0. The molecule has 0 bridgehead atoms. The van der Waals surface area contributed by atoms with Crippen molar-refractivity contribution in [1.82, 2.24) is 9.97 Å². The Labute approximate surface area is 130 Å². The lowest BCUT2D eigenvalue weighted by molar-refractivity contribution is 0.529. The van der Waals surface area contributed by atoms with E-state index in [9.17, 15) is 0 Å². The van der Waals surface area contributed by atoms with Gasteiger partial charge in [0.2, 0.25) is 5.95 Å². The number of nitrogens with zero attached hydrogens (tertiary/aromatic N) is 3. The van der Waals surface area contributed by atoms with E-state index in [2.05, 4.69) is 40.5 Å². The Kier molecular flexibility index (Phi) is 4.58. The van der Waals surface area contributed by atoms with Gasteiger partial charge in [0.15, 0.2) is 0 Å². The minimum atomic E-state index is 0.778. The van der Waals surface area contributed by atoms with Crippen LogP contribution in [-0.4, -0.2) is 29.6 Å². The van der Waals surface area contributed by atoms with Crippen molar-refractivity contribution in [1.29, 1.82) is 0 Å². The van der Waals surface area contributed by atoms with Crippen LogP contribution in [0, 0.1) is 5.92 Å². The third kappa shape index (κ3) is 3.12. The number of nitrogens with one attached hydrogen (secondary N) is 1. The summed E-state index contributed by atoms with van der Waals surface area (Å²) in [4.78, 5) is 13.0. The fraction of sp³-hybridized carbons (Fsp3) is 0.625. The smallest absolute Gasteiger partial charge is 0.226 e. The maximum Gasteiger partial charge on any atom is 0.226 e. The minimum absolute atomic E-state index is 0.778. The van der Waals surface area contributed by atoms with Crippen molar-refractivity contribution in [3.63, 3.8) is 0 Å². The fourth-order valence-electron chi connectivity index (χ4n) is 3.07. The molecule has 4 nitrogen and oxygen atoms in total. The molecule has 0 amide bonds. The van der Waals surface area contributed by atoms with E-state index in [4.69, 9.17) is 4.98 Å². The molecule has 1 N–H and O–H groups in total. The van der Waals surface area contributed by atoms with Gasteiger partial charge in [0.25, 0.3) is 0 Å². The van der Waals surface area contributed by atoms with Gasteiger partial charge in [-0.25, -0.2) is 4.98 Å². The lowest BCUT2D eigenvalue weighted by atomic mass is 10.0. The first-order valence-electron chi connectivity index (χ1n) is 8.05. The third-order valence-electron chi connectivity index (χ3n) is 4.12. The maximum atomic E-state index is 4.80. The molecule has 21 heavy (non-hydrogen) atoms. The minimum Gasteiger partial charge on any atom is -0.356 e. The van der Waals surface area contributed by atoms with Crippen molar-refractivity contribution in [2.75, 3.05) is 29.9 Å². The molecule has 1 aliphatic rings. The molecule has 0 radical (unpaired) electrons. The maximum absolute atomic E-state index is 4.80. The Balaban J connectivity index is 1.87. The number of hydrogen-bond acceptors (Lipinski definition) is 5. The molecule has 3 heterocycles. The van der Waals surface area contributed by atoms with Gasteiger partial charge in [0, 0.05) is 19.6 Å². The highest BCUT2D eigenvalue weighted by Crippen LogP contribution is 2.33. The van der Waals surface area contributed by atoms with Gasteiger partial charge in [0.05, 0.1) is 5.39 Å². The van der Waals surface area contributed by atoms with E-state index in [1.165, 1.54) is 24.6 Å². The monoisotopic (exact) mass is 304 g/mol. The highest BCUT2D eigenvalue weighted by atomic mass is 32.1. The highest BCUT2D eigenvalue weighted by molar-refractivity contribution is 7.16. The van der Waals surface area contributed by atoms with E-state index in [1.807, 2.05) is 0 Å². The van der Waals surface area contributed by atoms with E-state index in [-0.39, 0.29) is 0 Å². The van der Waals surface area contributed by atoms with Crippen LogP contribution in [0.1, 0.15) is 39.5 Å². The summed E-state index contributed by atoms with van der Waals surface area (Å²) in [6.07, 6.45) is 4.99. The average molecular weight is 304 g/mol. The van der Waals surface area contributed by atoms with Gasteiger partial charge in [0.1, 0.15) is 10.6 Å². The molecule has 1 saturated heterocycles. The second-order valence-electron chi connectivity index (χ2n) is 5.83. The van der Waals surface area contributed by atoms with Crippen LogP contribution in [0.15, 0.2) is 11.4 Å². The number of fused-ring (bicyclic) bond motifs is 1. The lowest BCUT2D eigenvalue weighted by Crippen LogP contribution is -2.21. The van der Waals surface area contributed by atoms with E-state index < -0.39 is 0 Å². The summed E-state index contributed by atoms with van der Waals surface area (Å²) in [6.45, 7) is 7.63. The quantitative estimate of drug-likeness (QED) is 0.871. The second-order valence-corrected chi connectivity index (χ2v) is 6.72. The first kappa shape index (κ1) is 14.6. The number of thiophene rings is 1. The SMILES string of the molecule is CCCNc1nc(N2CCC(CCC)C2)c2ccsc2n1. The molecule has 1 fully saturated rings. The van der Waals surface area contributed by atoms with Crippen molar-refractivity contribution < 1.29 is 0 Å². The highest BCUT2D eigenvalue weighted by Gasteiger charge is 2.25. The van der Waals surface area contributed by atoms with E-state index in [1.54, 1.807) is 11.3 Å². The summed E-state index contributed by atoms with van der Waals surface area (Å²) < 4.78 is 0. The van der Waals surface area contributed by atoms with Crippen molar-refractivity contribution in [2.45, 2.75) is 39.5 Å². The summed E-state index contributed by atoms with van der Waals surface area (Å²) in [5, 5.41) is 6.66. The molecule has 0 spiro atoms.